The van der Waals surface area contributed by atoms with E-state index in [1.165, 1.54) is 18.2 Å². The first kappa shape index (κ1) is 21.8. The van der Waals surface area contributed by atoms with Gasteiger partial charge in [0.25, 0.3) is 11.8 Å². The van der Waals surface area contributed by atoms with Crippen molar-refractivity contribution in [2.75, 3.05) is 0 Å². The predicted molar refractivity (Wildman–Crippen MR) is 121 cm³/mol. The van der Waals surface area contributed by atoms with Crippen molar-refractivity contribution in [3.63, 3.8) is 0 Å². The molecule has 0 spiro atoms. The van der Waals surface area contributed by atoms with Gasteiger partial charge >= 0.3 is 12.0 Å². The Morgan fingerprint density at radius 1 is 1.00 bits per heavy atom. The maximum atomic E-state index is 13.0. The fourth-order valence-corrected chi connectivity index (χ4v) is 3.84. The van der Waals surface area contributed by atoms with Gasteiger partial charge in [0.05, 0.1) is 12.1 Å². The number of carboxylic acids is 1. The number of imide groups is 2. The number of rotatable bonds is 5. The van der Waals surface area contributed by atoms with Gasteiger partial charge in [-0.2, -0.15) is 0 Å². The van der Waals surface area contributed by atoms with Gasteiger partial charge in [0.1, 0.15) is 5.57 Å². The van der Waals surface area contributed by atoms with Crippen LogP contribution >= 0.6 is 0 Å². The molecule has 2 N–H and O–H groups in total. The number of nitrogens with zero attached hydrogens (tertiary/aromatic N) is 2. The third-order valence-electron chi connectivity index (χ3n) is 5.51. The van der Waals surface area contributed by atoms with Crippen LogP contribution in [-0.2, 0) is 16.1 Å². The lowest BCUT2D eigenvalue weighted by atomic mass is 10.1. The average Bonchev–Trinajstić information content (AvgIpc) is 3.07. The molecule has 0 saturated carbocycles. The van der Waals surface area contributed by atoms with Gasteiger partial charge in [0, 0.05) is 17.1 Å². The van der Waals surface area contributed by atoms with Gasteiger partial charge in [-0.15, -0.1) is 0 Å². The third-order valence-corrected chi connectivity index (χ3v) is 5.51. The van der Waals surface area contributed by atoms with Gasteiger partial charge in [0.15, 0.2) is 0 Å². The highest BCUT2D eigenvalue weighted by Crippen LogP contribution is 2.25. The Morgan fingerprint density at radius 2 is 1.67 bits per heavy atom. The Bertz CT molecular complexity index is 1300. The Hall–Kier alpha value is -4.46. The second-order valence-corrected chi connectivity index (χ2v) is 7.71. The van der Waals surface area contributed by atoms with E-state index in [-0.39, 0.29) is 17.7 Å². The summed E-state index contributed by atoms with van der Waals surface area (Å²) in [5.41, 5.74) is 3.79. The number of amides is 4. The van der Waals surface area contributed by atoms with E-state index in [1.807, 2.05) is 30.5 Å². The Balaban J connectivity index is 1.68. The van der Waals surface area contributed by atoms with Crippen LogP contribution in [0.4, 0.5) is 4.79 Å². The summed E-state index contributed by atoms with van der Waals surface area (Å²) in [5, 5.41) is 11.3. The molecule has 8 heteroatoms. The minimum absolute atomic E-state index is 0.0467. The van der Waals surface area contributed by atoms with E-state index in [0.29, 0.717) is 5.56 Å². The Labute approximate surface area is 189 Å². The molecule has 1 aliphatic heterocycles. The number of urea groups is 1. The third kappa shape index (κ3) is 4.18. The van der Waals surface area contributed by atoms with E-state index >= 15 is 0 Å². The summed E-state index contributed by atoms with van der Waals surface area (Å²) < 4.78 is 1.90. The largest absolute Gasteiger partial charge is 0.478 e. The van der Waals surface area contributed by atoms with Crippen molar-refractivity contribution < 1.29 is 24.3 Å². The average molecular weight is 443 g/mol. The number of carbonyl (C=O) groups is 4. The summed E-state index contributed by atoms with van der Waals surface area (Å²) in [5.74, 6) is -2.42. The Morgan fingerprint density at radius 3 is 2.30 bits per heavy atom. The lowest BCUT2D eigenvalue weighted by Crippen LogP contribution is -2.53. The number of nitrogens with one attached hydrogen (secondary N) is 1. The molecular formula is C25H21N3O5. The molecule has 1 fully saturated rings. The molecule has 166 valence electrons. The first-order chi connectivity index (χ1) is 15.8. The highest BCUT2D eigenvalue weighted by atomic mass is 16.4. The van der Waals surface area contributed by atoms with Gasteiger partial charge in [-0.3, -0.25) is 19.8 Å². The van der Waals surface area contributed by atoms with Gasteiger partial charge in [-0.05, 0) is 61.4 Å². The maximum absolute atomic E-state index is 13.0. The molecule has 1 aliphatic rings. The lowest BCUT2D eigenvalue weighted by molar-refractivity contribution is -0.130. The quantitative estimate of drug-likeness (QED) is 0.464. The van der Waals surface area contributed by atoms with Crippen LogP contribution in [0.2, 0.25) is 0 Å². The normalized spacial score (nSPS) is 15.2. The van der Waals surface area contributed by atoms with Gasteiger partial charge < -0.3 is 9.67 Å². The number of carboxylic acid groups (broad SMARTS) is 1. The van der Waals surface area contributed by atoms with Crippen LogP contribution in [-0.4, -0.2) is 38.4 Å². The van der Waals surface area contributed by atoms with Crippen molar-refractivity contribution in [1.82, 2.24) is 14.8 Å². The number of aromatic carboxylic acids is 1. The fraction of sp³-hybridized carbons (Fsp3) is 0.120. The summed E-state index contributed by atoms with van der Waals surface area (Å²) in [4.78, 5) is 50.0. The molecule has 1 saturated heterocycles. The van der Waals surface area contributed by atoms with Crippen LogP contribution in [0.1, 0.15) is 32.9 Å². The van der Waals surface area contributed by atoms with E-state index in [0.717, 1.165) is 27.5 Å². The summed E-state index contributed by atoms with van der Waals surface area (Å²) in [7, 11) is 0. The molecule has 2 aromatic carbocycles. The lowest BCUT2D eigenvalue weighted by Gasteiger charge is -2.26. The summed E-state index contributed by atoms with van der Waals surface area (Å²) in [6.45, 7) is 3.75. The van der Waals surface area contributed by atoms with Crippen molar-refractivity contribution in [3.05, 3.63) is 94.3 Å². The van der Waals surface area contributed by atoms with Gasteiger partial charge in [-0.25, -0.2) is 9.59 Å². The van der Waals surface area contributed by atoms with E-state index < -0.39 is 23.8 Å². The summed E-state index contributed by atoms with van der Waals surface area (Å²) >= 11 is 0. The molecule has 0 radical (unpaired) electrons. The number of aromatic nitrogens is 1. The van der Waals surface area contributed by atoms with E-state index in [1.54, 1.807) is 36.4 Å². The topological polar surface area (TPSA) is 109 Å². The van der Waals surface area contributed by atoms with Gasteiger partial charge in [0.2, 0.25) is 0 Å². The monoisotopic (exact) mass is 443 g/mol. The molecule has 3 aromatic rings. The van der Waals surface area contributed by atoms with Crippen LogP contribution in [0.25, 0.3) is 11.8 Å². The first-order valence-electron chi connectivity index (χ1n) is 10.2. The zero-order valence-electron chi connectivity index (χ0n) is 18.0. The minimum Gasteiger partial charge on any atom is -0.478 e. The van der Waals surface area contributed by atoms with Crippen molar-refractivity contribution in [1.29, 1.82) is 0 Å². The Kier molecular flexibility index (Phi) is 5.66. The van der Waals surface area contributed by atoms with Crippen molar-refractivity contribution >= 4 is 29.9 Å². The molecule has 33 heavy (non-hydrogen) atoms. The number of carbonyl (C=O) groups excluding carboxylic acids is 3. The predicted octanol–water partition coefficient (Wildman–Crippen LogP) is 3.45. The molecule has 8 nitrogen and oxygen atoms in total. The molecule has 1 aromatic heterocycles. The van der Waals surface area contributed by atoms with Crippen LogP contribution in [0.3, 0.4) is 0 Å². The number of barbiturate groups is 1. The second kappa shape index (κ2) is 8.58. The van der Waals surface area contributed by atoms with E-state index in [4.69, 9.17) is 5.11 Å². The zero-order valence-corrected chi connectivity index (χ0v) is 18.0. The molecular weight excluding hydrogens is 422 g/mol. The molecule has 0 aliphatic carbocycles. The highest BCUT2D eigenvalue weighted by Gasteiger charge is 2.35. The number of aryl methyl sites for hydroxylation is 1. The smallest absolute Gasteiger partial charge is 0.335 e. The highest BCUT2D eigenvalue weighted by molar-refractivity contribution is 6.31. The van der Waals surface area contributed by atoms with Crippen molar-refractivity contribution in [2.24, 2.45) is 0 Å². The molecule has 0 bridgehead atoms. The second-order valence-electron chi connectivity index (χ2n) is 7.71. The molecule has 0 unspecified atom stereocenters. The number of benzene rings is 2. The van der Waals surface area contributed by atoms with Gasteiger partial charge in [-0.1, -0.05) is 30.3 Å². The van der Waals surface area contributed by atoms with Crippen LogP contribution in [0, 0.1) is 13.8 Å². The zero-order chi connectivity index (χ0) is 23.7. The SMILES string of the molecule is Cc1cc(/C=C2/C(=O)NC(=O)N(Cc3ccccc3)C2=O)c(C)n1-c1ccc(C(=O)O)cc1. The fourth-order valence-electron chi connectivity index (χ4n) is 3.84. The number of hydrogen-bond acceptors (Lipinski definition) is 4. The maximum Gasteiger partial charge on any atom is 0.335 e. The van der Waals surface area contributed by atoms with Crippen molar-refractivity contribution in [2.45, 2.75) is 20.4 Å². The number of hydrogen-bond donors (Lipinski definition) is 2. The van der Waals surface area contributed by atoms with Crippen molar-refractivity contribution in [3.8, 4) is 5.69 Å². The summed E-state index contributed by atoms with van der Waals surface area (Å²) in [6, 6.07) is 16.5. The molecule has 4 rings (SSSR count). The van der Waals surface area contributed by atoms with Crippen LogP contribution < -0.4 is 5.32 Å². The van der Waals surface area contributed by atoms with Crippen LogP contribution in [0.5, 0.6) is 0 Å². The van der Waals surface area contributed by atoms with Crippen LogP contribution in [0.15, 0.2) is 66.2 Å². The standard InChI is InChI=1S/C25H21N3O5/c1-15-12-19(16(2)28(15)20-10-8-18(9-11-20)24(31)32)13-21-22(29)26-25(33)27(23(21)30)14-17-6-4-3-5-7-17/h3-13H,14H2,1-2H3,(H,31,32)(H,26,29,33)/b21-13-. The first-order valence-corrected chi connectivity index (χ1v) is 10.2. The van der Waals surface area contributed by atoms with E-state index in [2.05, 4.69) is 5.32 Å². The minimum atomic E-state index is -1.01. The molecule has 2 heterocycles. The molecule has 4 amide bonds. The van der Waals surface area contributed by atoms with E-state index in [9.17, 15) is 19.2 Å². The summed E-state index contributed by atoms with van der Waals surface area (Å²) in [6.07, 6.45) is 1.48. The molecule has 0 atom stereocenters.